The molecule has 24 heavy (non-hydrogen) atoms. The zero-order valence-corrected chi connectivity index (χ0v) is 14.1. The maximum atomic E-state index is 9.82. The maximum Gasteiger partial charge on any atom is 0.147 e. The van der Waals surface area contributed by atoms with Gasteiger partial charge in [0.25, 0.3) is 0 Å². The Morgan fingerprint density at radius 1 is 1.00 bits per heavy atom. The largest absolute Gasteiger partial charge is 0.396 e. The molecule has 3 heterocycles. The topological polar surface area (TPSA) is 52.5 Å². The predicted molar refractivity (Wildman–Crippen MR) is 96.1 cm³/mol. The molecule has 2 aromatic rings. The molecule has 0 spiro atoms. The zero-order valence-electron chi connectivity index (χ0n) is 14.1. The van der Waals surface area contributed by atoms with Gasteiger partial charge >= 0.3 is 0 Å². The lowest BCUT2D eigenvalue weighted by atomic mass is 9.95. The SMILES string of the molecule is OC[C@@H]1CN(c2cnc3ccccc3n2)C[C@@H]1CN1CCCCC1. The highest BCUT2D eigenvalue weighted by atomic mass is 16.3. The standard InChI is InChI=1S/C19H26N4O/c24-14-16-13-23(12-15(16)11-22-8-4-1-5-9-22)19-10-20-17-6-2-3-7-18(17)21-19/h2-3,6-7,10,15-16,24H,1,4-5,8-9,11-14H2/t15-,16-/m0/s1. The van der Waals surface area contributed by atoms with E-state index in [-0.39, 0.29) is 6.61 Å². The van der Waals surface area contributed by atoms with Gasteiger partial charge in [-0.2, -0.15) is 0 Å². The number of anilines is 1. The summed E-state index contributed by atoms with van der Waals surface area (Å²) in [5.41, 5.74) is 1.87. The molecular formula is C19H26N4O. The average Bonchev–Trinajstić information content (AvgIpc) is 3.05. The van der Waals surface area contributed by atoms with Gasteiger partial charge in [0.15, 0.2) is 0 Å². The minimum atomic E-state index is 0.260. The van der Waals surface area contributed by atoms with Crippen molar-refractivity contribution in [3.05, 3.63) is 30.5 Å². The van der Waals surface area contributed by atoms with Crippen molar-refractivity contribution in [2.45, 2.75) is 19.3 Å². The minimum absolute atomic E-state index is 0.260. The second-order valence-corrected chi connectivity index (χ2v) is 7.19. The number of likely N-dealkylation sites (tertiary alicyclic amines) is 1. The van der Waals surface area contributed by atoms with E-state index >= 15 is 0 Å². The van der Waals surface area contributed by atoms with Gasteiger partial charge in [-0.3, -0.25) is 4.98 Å². The number of rotatable bonds is 4. The fourth-order valence-corrected chi connectivity index (χ4v) is 4.11. The van der Waals surface area contributed by atoms with Crippen molar-refractivity contribution < 1.29 is 5.11 Å². The number of aromatic nitrogens is 2. The van der Waals surface area contributed by atoms with E-state index in [0.29, 0.717) is 11.8 Å². The summed E-state index contributed by atoms with van der Waals surface area (Å²) in [6.45, 7) is 5.63. The first-order valence-corrected chi connectivity index (χ1v) is 9.13. The zero-order chi connectivity index (χ0) is 16.4. The van der Waals surface area contributed by atoms with Crippen LogP contribution in [0.25, 0.3) is 11.0 Å². The Bertz CT molecular complexity index is 686. The summed E-state index contributed by atoms with van der Waals surface area (Å²) in [4.78, 5) is 14.2. The van der Waals surface area contributed by atoms with Gasteiger partial charge in [0.05, 0.1) is 17.2 Å². The monoisotopic (exact) mass is 326 g/mol. The fraction of sp³-hybridized carbons (Fsp3) is 0.579. The van der Waals surface area contributed by atoms with Gasteiger partial charge < -0.3 is 14.9 Å². The van der Waals surface area contributed by atoms with Crippen LogP contribution in [-0.4, -0.2) is 59.3 Å². The van der Waals surface area contributed by atoms with Crippen LogP contribution in [0.15, 0.2) is 30.5 Å². The lowest BCUT2D eigenvalue weighted by Gasteiger charge is -2.30. The van der Waals surface area contributed by atoms with Gasteiger partial charge in [-0.1, -0.05) is 18.6 Å². The first-order valence-electron chi connectivity index (χ1n) is 9.13. The molecule has 0 amide bonds. The molecule has 0 saturated carbocycles. The Morgan fingerprint density at radius 2 is 1.75 bits per heavy atom. The number of benzene rings is 1. The second kappa shape index (κ2) is 7.03. The third kappa shape index (κ3) is 3.23. The van der Waals surface area contributed by atoms with Crippen molar-refractivity contribution in [1.29, 1.82) is 0 Å². The Labute approximate surface area is 143 Å². The van der Waals surface area contributed by atoms with Crippen LogP contribution in [-0.2, 0) is 0 Å². The summed E-state index contributed by atoms with van der Waals surface area (Å²) >= 11 is 0. The van der Waals surface area contributed by atoms with E-state index in [0.717, 1.165) is 36.5 Å². The lowest BCUT2D eigenvalue weighted by molar-refractivity contribution is 0.149. The first kappa shape index (κ1) is 15.8. The molecule has 0 unspecified atom stereocenters. The van der Waals surface area contributed by atoms with Crippen molar-refractivity contribution in [3.8, 4) is 0 Å². The van der Waals surface area contributed by atoms with E-state index < -0.39 is 0 Å². The molecule has 1 aromatic carbocycles. The quantitative estimate of drug-likeness (QED) is 0.933. The highest BCUT2D eigenvalue weighted by Gasteiger charge is 2.34. The van der Waals surface area contributed by atoms with E-state index in [2.05, 4.69) is 14.8 Å². The van der Waals surface area contributed by atoms with Crippen LogP contribution < -0.4 is 4.90 Å². The van der Waals surface area contributed by atoms with Gasteiger partial charge in [-0.05, 0) is 44.0 Å². The molecular weight excluding hydrogens is 300 g/mol. The van der Waals surface area contributed by atoms with Gasteiger partial charge in [0.2, 0.25) is 0 Å². The van der Waals surface area contributed by atoms with Crippen LogP contribution in [0.1, 0.15) is 19.3 Å². The molecule has 0 aliphatic carbocycles. The molecule has 2 aliphatic rings. The molecule has 2 saturated heterocycles. The fourth-order valence-electron chi connectivity index (χ4n) is 4.11. The average molecular weight is 326 g/mol. The molecule has 128 valence electrons. The number of aliphatic hydroxyl groups is 1. The summed E-state index contributed by atoms with van der Waals surface area (Å²) in [5, 5.41) is 9.82. The number of piperidine rings is 1. The molecule has 2 fully saturated rings. The Morgan fingerprint density at radius 3 is 2.54 bits per heavy atom. The molecule has 5 nitrogen and oxygen atoms in total. The van der Waals surface area contributed by atoms with Crippen molar-refractivity contribution in [3.63, 3.8) is 0 Å². The number of hydrogen-bond acceptors (Lipinski definition) is 5. The number of para-hydroxylation sites is 2. The summed E-state index contributed by atoms with van der Waals surface area (Å²) in [6, 6.07) is 7.99. The van der Waals surface area contributed by atoms with Crippen LogP contribution in [0.4, 0.5) is 5.82 Å². The number of aliphatic hydroxyl groups excluding tert-OH is 1. The van der Waals surface area contributed by atoms with Crippen LogP contribution in [0.5, 0.6) is 0 Å². The third-order valence-corrected chi connectivity index (χ3v) is 5.51. The molecule has 1 N–H and O–H groups in total. The maximum absolute atomic E-state index is 9.82. The number of hydrogen-bond donors (Lipinski definition) is 1. The summed E-state index contributed by atoms with van der Waals surface area (Å²) in [6.07, 6.45) is 5.87. The van der Waals surface area contributed by atoms with Crippen LogP contribution in [0, 0.1) is 11.8 Å². The first-order chi connectivity index (χ1) is 11.8. The summed E-state index contributed by atoms with van der Waals surface area (Å²) < 4.78 is 0. The van der Waals surface area contributed by atoms with E-state index in [4.69, 9.17) is 4.98 Å². The van der Waals surface area contributed by atoms with Gasteiger partial charge in [-0.25, -0.2) is 4.98 Å². The van der Waals surface area contributed by atoms with E-state index in [1.807, 2.05) is 30.5 Å². The normalized spacial score (nSPS) is 25.5. The van der Waals surface area contributed by atoms with Gasteiger partial charge in [0, 0.05) is 32.2 Å². The van der Waals surface area contributed by atoms with E-state index in [1.54, 1.807) is 0 Å². The molecule has 5 heteroatoms. The Kier molecular flexibility index (Phi) is 4.63. The predicted octanol–water partition coefficient (Wildman–Crippen LogP) is 2.16. The van der Waals surface area contributed by atoms with Crippen molar-refractivity contribution >= 4 is 16.9 Å². The van der Waals surface area contributed by atoms with Gasteiger partial charge in [-0.15, -0.1) is 0 Å². The number of nitrogens with zero attached hydrogens (tertiary/aromatic N) is 4. The van der Waals surface area contributed by atoms with Crippen LogP contribution in [0.2, 0.25) is 0 Å². The highest BCUT2D eigenvalue weighted by molar-refractivity contribution is 5.75. The van der Waals surface area contributed by atoms with E-state index in [1.165, 1.54) is 32.4 Å². The van der Waals surface area contributed by atoms with E-state index in [9.17, 15) is 5.11 Å². The molecule has 1 aromatic heterocycles. The molecule has 0 bridgehead atoms. The minimum Gasteiger partial charge on any atom is -0.396 e. The van der Waals surface area contributed by atoms with Crippen molar-refractivity contribution in [2.75, 3.05) is 44.2 Å². The van der Waals surface area contributed by atoms with Gasteiger partial charge in [0.1, 0.15) is 5.82 Å². The van der Waals surface area contributed by atoms with Crippen molar-refractivity contribution in [1.82, 2.24) is 14.9 Å². The van der Waals surface area contributed by atoms with Crippen LogP contribution in [0.3, 0.4) is 0 Å². The number of fused-ring (bicyclic) bond motifs is 1. The summed E-state index contributed by atoms with van der Waals surface area (Å²) in [5.74, 6) is 1.79. The highest BCUT2D eigenvalue weighted by Crippen LogP contribution is 2.29. The third-order valence-electron chi connectivity index (χ3n) is 5.51. The molecule has 2 atom stereocenters. The molecule has 4 rings (SSSR count). The molecule has 2 aliphatic heterocycles. The Hall–Kier alpha value is -1.72. The summed E-state index contributed by atoms with van der Waals surface area (Å²) in [7, 11) is 0. The van der Waals surface area contributed by atoms with Crippen molar-refractivity contribution in [2.24, 2.45) is 11.8 Å². The molecule has 0 radical (unpaired) electrons. The lowest BCUT2D eigenvalue weighted by Crippen LogP contribution is -2.37. The van der Waals surface area contributed by atoms with Crippen LogP contribution >= 0.6 is 0 Å². The second-order valence-electron chi connectivity index (χ2n) is 7.19. The Balaban J connectivity index is 1.49. The smallest absolute Gasteiger partial charge is 0.147 e.